The van der Waals surface area contributed by atoms with Gasteiger partial charge >= 0.3 is 6.09 Å². The highest BCUT2D eigenvalue weighted by atomic mass is 79.9. The van der Waals surface area contributed by atoms with Gasteiger partial charge in [0.15, 0.2) is 0 Å². The van der Waals surface area contributed by atoms with Crippen LogP contribution in [-0.2, 0) is 4.74 Å². The first kappa shape index (κ1) is 17.6. The van der Waals surface area contributed by atoms with Crippen molar-refractivity contribution in [1.82, 2.24) is 4.90 Å². The molecule has 4 nitrogen and oxygen atoms in total. The Morgan fingerprint density at radius 3 is 2.46 bits per heavy atom. The number of nitrogens with zero attached hydrogens (tertiary/aromatic N) is 1. The molecule has 2 aliphatic rings. The van der Waals surface area contributed by atoms with Crippen molar-refractivity contribution >= 4 is 22.0 Å². The van der Waals surface area contributed by atoms with Crippen LogP contribution in [0.2, 0.25) is 0 Å². The quantitative estimate of drug-likeness (QED) is 0.819. The van der Waals surface area contributed by atoms with Crippen molar-refractivity contribution in [3.63, 3.8) is 0 Å². The van der Waals surface area contributed by atoms with Crippen molar-refractivity contribution in [1.29, 1.82) is 0 Å². The lowest BCUT2D eigenvalue weighted by Gasteiger charge is -2.38. The molecule has 1 amide bonds. The number of amides is 1. The average Bonchev–Trinajstić information content (AvgIpc) is 2.76. The zero-order chi connectivity index (χ0) is 17.5. The first-order valence-corrected chi connectivity index (χ1v) is 8.83. The number of aliphatic hydroxyl groups excluding tert-OH is 1. The van der Waals surface area contributed by atoms with Gasteiger partial charge in [0.05, 0.1) is 18.7 Å². The molecule has 1 saturated heterocycles. The van der Waals surface area contributed by atoms with E-state index in [1.165, 1.54) is 4.90 Å². The molecule has 1 aliphatic carbocycles. The number of benzene rings is 1. The van der Waals surface area contributed by atoms with Crippen molar-refractivity contribution < 1.29 is 23.4 Å². The molecule has 24 heavy (non-hydrogen) atoms. The average molecular weight is 404 g/mol. The van der Waals surface area contributed by atoms with Crippen molar-refractivity contribution in [3.8, 4) is 0 Å². The summed E-state index contributed by atoms with van der Waals surface area (Å²) in [5.41, 5.74) is -0.174. The van der Waals surface area contributed by atoms with Gasteiger partial charge in [-0.05, 0) is 37.5 Å². The van der Waals surface area contributed by atoms with Gasteiger partial charge in [-0.3, -0.25) is 4.90 Å². The summed E-state index contributed by atoms with van der Waals surface area (Å²) < 4.78 is 33.3. The predicted molar refractivity (Wildman–Crippen MR) is 87.9 cm³/mol. The molecule has 0 radical (unpaired) electrons. The SMILES string of the molecule is CC1N(CC(O)c2ccc(Br)cc2)C(=O)OC12CCC(F)(F)CC2. The zero-order valence-electron chi connectivity index (χ0n) is 13.3. The summed E-state index contributed by atoms with van der Waals surface area (Å²) in [6.07, 6.45) is -1.63. The lowest BCUT2D eigenvalue weighted by Crippen LogP contribution is -2.48. The van der Waals surface area contributed by atoms with Gasteiger partial charge < -0.3 is 9.84 Å². The number of carbonyl (C=O) groups is 1. The molecule has 1 aromatic carbocycles. The van der Waals surface area contributed by atoms with Crippen LogP contribution in [0.15, 0.2) is 28.7 Å². The summed E-state index contributed by atoms with van der Waals surface area (Å²) in [7, 11) is 0. The fraction of sp³-hybridized carbons (Fsp3) is 0.588. The summed E-state index contributed by atoms with van der Waals surface area (Å²) in [5, 5.41) is 10.4. The topological polar surface area (TPSA) is 49.8 Å². The molecule has 1 heterocycles. The molecule has 3 rings (SSSR count). The number of β-amino-alcohol motifs (C(OH)–C–C–N with tert-alkyl or cyclic N) is 1. The van der Waals surface area contributed by atoms with Gasteiger partial charge in [-0.25, -0.2) is 13.6 Å². The Kier molecular flexibility index (Phi) is 4.59. The summed E-state index contributed by atoms with van der Waals surface area (Å²) in [4.78, 5) is 13.7. The van der Waals surface area contributed by atoms with Crippen LogP contribution in [0.3, 0.4) is 0 Å². The van der Waals surface area contributed by atoms with E-state index in [9.17, 15) is 18.7 Å². The van der Waals surface area contributed by atoms with E-state index in [0.717, 1.165) is 4.47 Å². The molecule has 1 N–H and O–H groups in total. The number of carbonyl (C=O) groups excluding carboxylic acids is 1. The minimum absolute atomic E-state index is 0.0831. The van der Waals surface area contributed by atoms with Crippen LogP contribution in [0.1, 0.15) is 44.3 Å². The van der Waals surface area contributed by atoms with E-state index in [-0.39, 0.29) is 38.3 Å². The second kappa shape index (κ2) is 6.26. The molecule has 1 aromatic rings. The maximum Gasteiger partial charge on any atom is 0.410 e. The number of alkyl halides is 2. The van der Waals surface area contributed by atoms with Gasteiger partial charge in [-0.1, -0.05) is 28.1 Å². The lowest BCUT2D eigenvalue weighted by molar-refractivity contribution is -0.100. The van der Waals surface area contributed by atoms with Crippen LogP contribution in [0.25, 0.3) is 0 Å². The molecule has 1 spiro atoms. The van der Waals surface area contributed by atoms with Crippen LogP contribution in [-0.4, -0.2) is 40.2 Å². The highest BCUT2D eigenvalue weighted by Gasteiger charge is 2.56. The van der Waals surface area contributed by atoms with Crippen molar-refractivity contribution in [2.75, 3.05) is 6.54 Å². The van der Waals surface area contributed by atoms with Gasteiger partial charge in [0.1, 0.15) is 5.60 Å². The number of hydrogen-bond donors (Lipinski definition) is 1. The fourth-order valence-corrected chi connectivity index (χ4v) is 3.79. The van der Waals surface area contributed by atoms with Crippen molar-refractivity contribution in [2.45, 2.75) is 56.3 Å². The molecule has 2 unspecified atom stereocenters. The highest BCUT2D eigenvalue weighted by molar-refractivity contribution is 9.10. The Balaban J connectivity index is 1.70. The van der Waals surface area contributed by atoms with E-state index < -0.39 is 23.7 Å². The Morgan fingerprint density at radius 1 is 1.29 bits per heavy atom. The third-order valence-electron chi connectivity index (χ3n) is 5.21. The minimum Gasteiger partial charge on any atom is -0.441 e. The zero-order valence-corrected chi connectivity index (χ0v) is 14.9. The summed E-state index contributed by atoms with van der Waals surface area (Å²) in [6.45, 7) is 1.89. The molecule has 7 heteroatoms. The van der Waals surface area contributed by atoms with E-state index in [1.54, 1.807) is 12.1 Å². The van der Waals surface area contributed by atoms with Crippen LogP contribution < -0.4 is 0 Å². The molecular weight excluding hydrogens is 384 g/mol. The maximum absolute atomic E-state index is 13.4. The molecule has 1 aliphatic heterocycles. The molecule has 132 valence electrons. The number of hydrogen-bond acceptors (Lipinski definition) is 3. The third kappa shape index (κ3) is 3.28. The minimum atomic E-state index is -2.68. The molecular formula is C17H20BrF2NO3. The molecule has 0 aromatic heterocycles. The summed E-state index contributed by atoms with van der Waals surface area (Å²) >= 11 is 3.33. The van der Waals surface area contributed by atoms with E-state index >= 15 is 0 Å². The lowest BCUT2D eigenvalue weighted by atomic mass is 9.78. The van der Waals surface area contributed by atoms with Crippen molar-refractivity contribution in [2.24, 2.45) is 0 Å². The predicted octanol–water partition coefficient (Wildman–Crippen LogP) is 4.27. The van der Waals surface area contributed by atoms with E-state index in [0.29, 0.717) is 5.56 Å². The molecule has 2 fully saturated rings. The molecule has 2 atom stereocenters. The van der Waals surface area contributed by atoms with E-state index in [2.05, 4.69) is 15.9 Å². The van der Waals surface area contributed by atoms with E-state index in [1.807, 2.05) is 19.1 Å². The van der Waals surface area contributed by atoms with Gasteiger partial charge in [-0.2, -0.15) is 0 Å². The summed E-state index contributed by atoms with van der Waals surface area (Å²) in [6, 6.07) is 6.84. The van der Waals surface area contributed by atoms with Crippen LogP contribution in [0, 0.1) is 0 Å². The van der Waals surface area contributed by atoms with Crippen LogP contribution in [0.4, 0.5) is 13.6 Å². The Bertz CT molecular complexity index is 613. The van der Waals surface area contributed by atoms with Crippen molar-refractivity contribution in [3.05, 3.63) is 34.3 Å². The Labute approximate surface area is 147 Å². The largest absolute Gasteiger partial charge is 0.441 e. The maximum atomic E-state index is 13.4. The smallest absolute Gasteiger partial charge is 0.410 e. The monoisotopic (exact) mass is 403 g/mol. The standard InChI is InChI=1S/C17H20BrF2NO3/c1-11-16(6-8-17(19,20)9-7-16)24-15(23)21(11)10-14(22)12-2-4-13(18)5-3-12/h2-5,11,14,22H,6-10H2,1H3. The fourth-order valence-electron chi connectivity index (χ4n) is 3.53. The van der Waals surface area contributed by atoms with E-state index in [4.69, 9.17) is 4.74 Å². The molecule has 1 saturated carbocycles. The van der Waals surface area contributed by atoms with Crippen LogP contribution >= 0.6 is 15.9 Å². The Hall–Kier alpha value is -1.21. The Morgan fingerprint density at radius 2 is 1.88 bits per heavy atom. The van der Waals surface area contributed by atoms with Gasteiger partial charge in [0.2, 0.25) is 5.92 Å². The number of rotatable bonds is 3. The van der Waals surface area contributed by atoms with Crippen LogP contribution in [0.5, 0.6) is 0 Å². The third-order valence-corrected chi connectivity index (χ3v) is 5.73. The first-order chi connectivity index (χ1) is 11.2. The first-order valence-electron chi connectivity index (χ1n) is 8.03. The number of ether oxygens (including phenoxy) is 1. The molecule has 0 bridgehead atoms. The second-order valence-corrected chi connectivity index (χ2v) is 7.60. The normalized spacial score (nSPS) is 26.5. The second-order valence-electron chi connectivity index (χ2n) is 6.68. The number of aliphatic hydroxyl groups is 1. The van der Waals surface area contributed by atoms with Gasteiger partial charge in [0, 0.05) is 17.3 Å². The summed E-state index contributed by atoms with van der Waals surface area (Å²) in [5.74, 6) is -2.68. The van der Waals surface area contributed by atoms with Gasteiger partial charge in [0.25, 0.3) is 0 Å². The van der Waals surface area contributed by atoms with Gasteiger partial charge in [-0.15, -0.1) is 0 Å². The highest BCUT2D eigenvalue weighted by Crippen LogP contribution is 2.46. The number of halogens is 3.